The van der Waals surface area contributed by atoms with Gasteiger partial charge < -0.3 is 28.6 Å². The number of thioether (sulfide) groups is 3. The van der Waals surface area contributed by atoms with E-state index in [0.717, 1.165) is 68.6 Å². The molecule has 0 aromatic heterocycles. The zero-order chi connectivity index (χ0) is 41.1. The molecule has 57 heavy (non-hydrogen) atoms. The topological polar surface area (TPSA) is 172 Å². The van der Waals surface area contributed by atoms with Crippen LogP contribution in [0.1, 0.15) is 47.1 Å². The predicted molar refractivity (Wildman–Crippen MR) is 213 cm³/mol. The van der Waals surface area contributed by atoms with Gasteiger partial charge in [0.2, 0.25) is 5.91 Å². The Morgan fingerprint density at radius 2 is 1.25 bits per heavy atom. The minimum atomic E-state index is -1.82. The van der Waals surface area contributed by atoms with Crippen molar-refractivity contribution in [1.82, 2.24) is 4.90 Å². The number of imide groups is 1. The predicted octanol–water partition coefficient (Wildman–Crippen LogP) is 5.45. The first-order chi connectivity index (χ1) is 27.2. The molecule has 14 nitrogen and oxygen atoms in total. The van der Waals surface area contributed by atoms with Crippen molar-refractivity contribution in [3.05, 3.63) is 96.5 Å². The van der Waals surface area contributed by atoms with E-state index in [2.05, 4.69) is 0 Å². The SMILES string of the molecule is CCOc1ccc2c(c1)C1=C(SC(C(=O)OC)=C(C(=O)OC)C13SC(C(=O)OC)=C(C(=O)OC)S3)C(C)(C)N2C(=O)CN1C(=O)c2cccc3cccc(c23)C1=O. The number of benzene rings is 3. The van der Waals surface area contributed by atoms with Gasteiger partial charge in [-0.3, -0.25) is 19.3 Å². The highest BCUT2D eigenvalue weighted by Gasteiger charge is 2.62. The average molecular weight is 831 g/mol. The number of carbonyl (C=O) groups is 7. The van der Waals surface area contributed by atoms with E-state index in [0.29, 0.717) is 32.6 Å². The van der Waals surface area contributed by atoms with E-state index in [4.69, 9.17) is 23.7 Å². The lowest BCUT2D eigenvalue weighted by molar-refractivity contribution is -0.138. The summed E-state index contributed by atoms with van der Waals surface area (Å²) in [5.41, 5.74) is -0.153. The summed E-state index contributed by atoms with van der Waals surface area (Å²) in [6.45, 7) is 4.79. The quantitative estimate of drug-likeness (QED) is 0.159. The Morgan fingerprint density at radius 3 is 1.77 bits per heavy atom. The molecular weight excluding hydrogens is 797 g/mol. The van der Waals surface area contributed by atoms with E-state index in [-0.39, 0.29) is 43.7 Å². The van der Waals surface area contributed by atoms with Gasteiger partial charge in [-0.1, -0.05) is 59.6 Å². The molecule has 0 aliphatic carbocycles. The summed E-state index contributed by atoms with van der Waals surface area (Å²) in [4.78, 5) is 99.5. The van der Waals surface area contributed by atoms with Crippen LogP contribution in [0.5, 0.6) is 5.75 Å². The molecule has 0 N–H and O–H groups in total. The third kappa shape index (κ3) is 6.01. The molecule has 1 spiro atoms. The lowest BCUT2D eigenvalue weighted by Gasteiger charge is -2.51. The molecule has 3 aromatic carbocycles. The fraction of sp³-hybridized carbons (Fsp3) is 0.275. The van der Waals surface area contributed by atoms with Crippen LogP contribution in [0.15, 0.2) is 79.8 Å². The van der Waals surface area contributed by atoms with Crippen molar-refractivity contribution in [1.29, 1.82) is 0 Å². The van der Waals surface area contributed by atoms with Gasteiger partial charge in [-0.2, -0.15) is 0 Å². The molecular formula is C40H34N2O12S3. The number of amides is 3. The molecule has 0 saturated carbocycles. The molecule has 0 atom stereocenters. The number of rotatable bonds is 8. The van der Waals surface area contributed by atoms with Crippen LogP contribution in [-0.2, 0) is 42.9 Å². The van der Waals surface area contributed by atoms with Crippen LogP contribution in [0.3, 0.4) is 0 Å². The van der Waals surface area contributed by atoms with Crippen molar-refractivity contribution in [3.63, 3.8) is 0 Å². The lowest BCUT2D eigenvalue weighted by Crippen LogP contribution is -2.57. The van der Waals surface area contributed by atoms with Crippen LogP contribution < -0.4 is 9.64 Å². The Kier molecular flexibility index (Phi) is 10.3. The Hall–Kier alpha value is -5.52. The van der Waals surface area contributed by atoms with E-state index in [1.165, 1.54) is 4.90 Å². The highest BCUT2D eigenvalue weighted by molar-refractivity contribution is 8.26. The van der Waals surface area contributed by atoms with Crippen LogP contribution in [0.25, 0.3) is 16.3 Å². The number of methoxy groups -OCH3 is 4. The molecule has 4 heterocycles. The highest BCUT2D eigenvalue weighted by Crippen LogP contribution is 2.71. The van der Waals surface area contributed by atoms with E-state index in [1.807, 2.05) is 0 Å². The normalized spacial score (nSPS) is 17.7. The highest BCUT2D eigenvalue weighted by atomic mass is 32.2. The summed E-state index contributed by atoms with van der Waals surface area (Å²) in [5.74, 6) is -5.27. The second-order valence-electron chi connectivity index (χ2n) is 13.3. The summed E-state index contributed by atoms with van der Waals surface area (Å²) in [6.07, 6.45) is 0. The van der Waals surface area contributed by atoms with Gasteiger partial charge in [-0.05, 0) is 56.5 Å². The molecule has 0 unspecified atom stereocenters. The maximum Gasteiger partial charge on any atom is 0.345 e. The van der Waals surface area contributed by atoms with Gasteiger partial charge in [0.1, 0.15) is 31.1 Å². The average Bonchev–Trinajstić information content (AvgIpc) is 3.60. The summed E-state index contributed by atoms with van der Waals surface area (Å²) in [7, 11) is 4.52. The van der Waals surface area contributed by atoms with Crippen molar-refractivity contribution in [2.24, 2.45) is 0 Å². The first kappa shape index (κ1) is 39.7. The number of nitrogens with zero attached hydrogens (tertiary/aromatic N) is 2. The monoisotopic (exact) mass is 830 g/mol. The standard InChI is InChI=1S/C40H34N2O12S3/c1-8-54-20-15-16-24-23(17-20)27-32(39(2,3)42(24)25(43)18-41-33(44)21-13-9-11-19-12-10-14-22(26(19)21)34(41)45)55-29(36(47)51-5)28(35(46)50-4)40(27)56-30(37(48)52-6)31(57-40)38(49)53-7/h9-17H,8,18H2,1-7H3. The molecule has 294 valence electrons. The van der Waals surface area contributed by atoms with Gasteiger partial charge in [-0.15, -0.1) is 0 Å². The van der Waals surface area contributed by atoms with Crippen LogP contribution in [0, 0.1) is 0 Å². The number of hydrogen-bond donors (Lipinski definition) is 0. The fourth-order valence-corrected chi connectivity index (χ4v) is 12.5. The molecule has 4 aliphatic rings. The zero-order valence-corrected chi connectivity index (χ0v) is 34.1. The Balaban J connectivity index is 1.45. The van der Waals surface area contributed by atoms with E-state index >= 15 is 0 Å². The van der Waals surface area contributed by atoms with Crippen molar-refractivity contribution < 1.29 is 57.2 Å². The molecule has 0 bridgehead atoms. The maximum atomic E-state index is 14.9. The Bertz CT molecular complexity index is 2390. The molecule has 3 aromatic rings. The van der Waals surface area contributed by atoms with E-state index in [1.54, 1.807) is 75.4 Å². The molecule has 3 amide bonds. The van der Waals surface area contributed by atoms with Gasteiger partial charge >= 0.3 is 23.9 Å². The second-order valence-corrected chi connectivity index (χ2v) is 17.0. The van der Waals surface area contributed by atoms with Crippen molar-refractivity contribution in [3.8, 4) is 5.75 Å². The first-order valence-corrected chi connectivity index (χ1v) is 19.8. The molecule has 7 rings (SSSR count). The Labute approximate surface area is 338 Å². The fourth-order valence-electron chi connectivity index (χ4n) is 7.43. The van der Waals surface area contributed by atoms with Crippen LogP contribution in [0.2, 0.25) is 0 Å². The summed E-state index contributed by atoms with van der Waals surface area (Å²) in [6, 6.07) is 15.2. The minimum absolute atomic E-state index is 0.199. The molecule has 17 heteroatoms. The lowest BCUT2D eigenvalue weighted by atomic mass is 9.83. The van der Waals surface area contributed by atoms with Gasteiger partial charge in [0.25, 0.3) is 11.8 Å². The van der Waals surface area contributed by atoms with Gasteiger partial charge in [0.15, 0.2) is 0 Å². The first-order valence-electron chi connectivity index (χ1n) is 17.3. The number of esters is 4. The smallest absolute Gasteiger partial charge is 0.345 e. The van der Waals surface area contributed by atoms with E-state index < -0.39 is 57.8 Å². The van der Waals surface area contributed by atoms with Crippen molar-refractivity contribution in [2.45, 2.75) is 30.4 Å². The number of carbonyl (C=O) groups excluding carboxylic acids is 7. The third-order valence-corrected chi connectivity index (χ3v) is 14.5. The van der Waals surface area contributed by atoms with Gasteiger partial charge in [-0.25, -0.2) is 19.2 Å². The summed E-state index contributed by atoms with van der Waals surface area (Å²) < 4.78 is 24.7. The number of ether oxygens (including phenoxy) is 5. The second kappa shape index (κ2) is 14.8. The zero-order valence-electron chi connectivity index (χ0n) is 31.6. The third-order valence-electron chi connectivity index (χ3n) is 9.82. The summed E-state index contributed by atoms with van der Waals surface area (Å²) >= 11 is 2.44. The van der Waals surface area contributed by atoms with Crippen LogP contribution in [-0.4, -0.2) is 97.7 Å². The minimum Gasteiger partial charge on any atom is -0.494 e. The van der Waals surface area contributed by atoms with Crippen molar-refractivity contribution in [2.75, 3.05) is 46.5 Å². The van der Waals surface area contributed by atoms with Gasteiger partial charge in [0.05, 0.1) is 51.8 Å². The van der Waals surface area contributed by atoms with E-state index in [9.17, 15) is 33.6 Å². The molecule has 0 saturated heterocycles. The van der Waals surface area contributed by atoms with Crippen LogP contribution in [0.4, 0.5) is 5.69 Å². The van der Waals surface area contributed by atoms with Crippen molar-refractivity contribution >= 4 is 98.9 Å². The Morgan fingerprint density at radius 1 is 0.702 bits per heavy atom. The largest absolute Gasteiger partial charge is 0.494 e. The molecule has 0 radical (unpaired) electrons. The number of fused-ring (bicyclic) bond motifs is 3. The molecule has 4 aliphatic heterocycles. The van der Waals surface area contributed by atoms with Crippen LogP contribution >= 0.6 is 35.3 Å². The molecule has 0 fully saturated rings. The van der Waals surface area contributed by atoms with Gasteiger partial charge in [0, 0.05) is 32.6 Å². The summed E-state index contributed by atoms with van der Waals surface area (Å²) in [5, 5.41) is 1.21. The number of anilines is 1. The maximum absolute atomic E-state index is 14.9. The number of hydrogen-bond acceptors (Lipinski definition) is 15.